The summed E-state index contributed by atoms with van der Waals surface area (Å²) in [5, 5.41) is 27.2. The largest absolute Gasteiger partial charge is 0.489 e. The third kappa shape index (κ3) is 4.25. The van der Waals surface area contributed by atoms with Crippen LogP contribution in [0.25, 0.3) is 0 Å². The van der Waals surface area contributed by atoms with Crippen LogP contribution in [0.5, 0.6) is 5.75 Å². The second-order valence-corrected chi connectivity index (χ2v) is 8.80. The van der Waals surface area contributed by atoms with Crippen molar-refractivity contribution in [3.05, 3.63) is 58.1 Å². The minimum absolute atomic E-state index is 0.00162. The number of aromatic nitrogens is 1. The molecule has 0 spiro atoms. The molecule has 8 heteroatoms. The highest BCUT2D eigenvalue weighted by molar-refractivity contribution is 6.30. The van der Waals surface area contributed by atoms with E-state index in [0.717, 1.165) is 30.5 Å². The fraction of sp³-hybridized carbons (Fsp3) is 0.476. The number of nitrogens with one attached hydrogen (secondary N) is 2. The van der Waals surface area contributed by atoms with Gasteiger partial charge in [0, 0.05) is 22.8 Å². The number of ether oxygens (including phenoxy) is 1. The van der Waals surface area contributed by atoms with E-state index in [0.29, 0.717) is 11.4 Å². The van der Waals surface area contributed by atoms with E-state index in [4.69, 9.17) is 16.3 Å². The molecule has 3 aliphatic carbocycles. The smallest absolute Gasteiger partial charge is 0.148 e. The molecule has 1 aromatic carbocycles. The third-order valence-electron chi connectivity index (χ3n) is 5.64. The summed E-state index contributed by atoms with van der Waals surface area (Å²) in [7, 11) is 0. The van der Waals surface area contributed by atoms with Crippen molar-refractivity contribution < 1.29 is 19.3 Å². The molecule has 0 saturated heterocycles. The molecule has 1 heterocycles. The molecule has 0 aliphatic heterocycles. The van der Waals surface area contributed by atoms with Crippen molar-refractivity contribution in [2.75, 3.05) is 6.61 Å². The first kappa shape index (κ1) is 20.5. The molecule has 3 aliphatic rings. The van der Waals surface area contributed by atoms with Gasteiger partial charge in [0.05, 0.1) is 10.7 Å². The van der Waals surface area contributed by atoms with Crippen LogP contribution in [0, 0.1) is 19.7 Å². The van der Waals surface area contributed by atoms with Gasteiger partial charge in [-0.05, 0) is 62.9 Å². The maximum absolute atomic E-state index is 13.4. The van der Waals surface area contributed by atoms with Crippen molar-refractivity contribution in [3.63, 3.8) is 0 Å². The Bertz CT molecular complexity index is 886. The highest BCUT2D eigenvalue weighted by atomic mass is 35.5. The quantitative estimate of drug-likeness (QED) is 0.490. The van der Waals surface area contributed by atoms with Crippen molar-refractivity contribution in [2.45, 2.75) is 56.6 Å². The predicted molar refractivity (Wildman–Crippen MR) is 107 cm³/mol. The summed E-state index contributed by atoms with van der Waals surface area (Å²) in [6.07, 6.45) is 0.704. The number of hydrogen-bond donors (Lipinski definition) is 4. The highest BCUT2D eigenvalue weighted by Crippen LogP contribution is 2.61. The molecule has 2 bridgehead atoms. The first-order chi connectivity index (χ1) is 13.7. The van der Waals surface area contributed by atoms with Gasteiger partial charge in [-0.25, -0.2) is 4.39 Å². The van der Waals surface area contributed by atoms with Crippen LogP contribution >= 0.6 is 11.6 Å². The van der Waals surface area contributed by atoms with Crippen LogP contribution in [-0.4, -0.2) is 39.1 Å². The Kier molecular flexibility index (Phi) is 5.29. The van der Waals surface area contributed by atoms with E-state index >= 15 is 0 Å². The molecule has 6 nitrogen and oxygen atoms in total. The zero-order chi connectivity index (χ0) is 20.8. The van der Waals surface area contributed by atoms with Gasteiger partial charge in [0.2, 0.25) is 0 Å². The van der Waals surface area contributed by atoms with Crippen LogP contribution in [0.1, 0.15) is 42.4 Å². The lowest BCUT2D eigenvalue weighted by Gasteiger charge is -2.71. The summed E-state index contributed by atoms with van der Waals surface area (Å²) in [5.41, 5.74) is 2.27. The zero-order valence-electron chi connectivity index (χ0n) is 16.4. The van der Waals surface area contributed by atoms with Crippen LogP contribution in [0.2, 0.25) is 5.02 Å². The average molecular weight is 422 g/mol. The second-order valence-electron chi connectivity index (χ2n) is 8.40. The van der Waals surface area contributed by atoms with Gasteiger partial charge in [0.1, 0.15) is 30.6 Å². The highest BCUT2D eigenvalue weighted by Gasteiger charge is 2.68. The lowest BCUT2D eigenvalue weighted by molar-refractivity contribution is -0.151. The summed E-state index contributed by atoms with van der Waals surface area (Å²) in [4.78, 5) is 4.40. The van der Waals surface area contributed by atoms with Crippen molar-refractivity contribution in [1.82, 2.24) is 15.6 Å². The monoisotopic (exact) mass is 421 g/mol. The summed E-state index contributed by atoms with van der Waals surface area (Å²) in [6.45, 7) is 3.89. The number of aliphatic hydroxyl groups is 2. The molecule has 3 fully saturated rings. The Morgan fingerprint density at radius 2 is 1.83 bits per heavy atom. The Balaban J connectivity index is 1.24. The molecular weight excluding hydrogens is 397 g/mol. The molecule has 2 atom stereocenters. The molecule has 0 radical (unpaired) electrons. The van der Waals surface area contributed by atoms with Gasteiger partial charge in [-0.2, -0.15) is 0 Å². The number of hydrogen-bond acceptors (Lipinski definition) is 6. The summed E-state index contributed by atoms with van der Waals surface area (Å²) >= 11 is 5.65. The van der Waals surface area contributed by atoms with Gasteiger partial charge in [-0.1, -0.05) is 11.6 Å². The van der Waals surface area contributed by atoms with Gasteiger partial charge in [0.25, 0.3) is 0 Å². The number of benzene rings is 1. The van der Waals surface area contributed by atoms with Gasteiger partial charge in [0.15, 0.2) is 0 Å². The van der Waals surface area contributed by atoms with E-state index in [2.05, 4.69) is 15.6 Å². The molecule has 0 amide bonds. The molecule has 156 valence electrons. The molecule has 1 aromatic heterocycles. The van der Waals surface area contributed by atoms with Crippen LogP contribution < -0.4 is 15.4 Å². The molecule has 5 rings (SSSR count). The Morgan fingerprint density at radius 1 is 1.14 bits per heavy atom. The van der Waals surface area contributed by atoms with Gasteiger partial charge >= 0.3 is 0 Å². The van der Waals surface area contributed by atoms with E-state index in [-0.39, 0.29) is 22.7 Å². The summed E-state index contributed by atoms with van der Waals surface area (Å²) in [6, 6.07) is 8.01. The number of rotatable bonds is 8. The maximum atomic E-state index is 13.4. The van der Waals surface area contributed by atoms with Crippen molar-refractivity contribution in [2.24, 2.45) is 0 Å². The van der Waals surface area contributed by atoms with Crippen LogP contribution in [-0.2, 0) is 0 Å². The van der Waals surface area contributed by atoms with Crippen molar-refractivity contribution in [1.29, 1.82) is 0 Å². The number of pyridine rings is 1. The fourth-order valence-electron chi connectivity index (χ4n) is 4.61. The SMILES string of the molecule is Cc1cc(C)nc(C(O)NC23CC(NC(O)COc4ccc(Cl)c(F)c4)(C2)C3)c1. The van der Waals surface area contributed by atoms with Crippen LogP contribution in [0.15, 0.2) is 30.3 Å². The second kappa shape index (κ2) is 7.49. The Hall–Kier alpha value is -1.77. The van der Waals surface area contributed by atoms with E-state index in [9.17, 15) is 14.6 Å². The molecule has 29 heavy (non-hydrogen) atoms. The van der Waals surface area contributed by atoms with Crippen LogP contribution in [0.4, 0.5) is 4.39 Å². The van der Waals surface area contributed by atoms with Gasteiger partial charge in [-0.15, -0.1) is 0 Å². The number of halogens is 2. The number of nitrogens with zero attached hydrogens (tertiary/aromatic N) is 1. The predicted octanol–water partition coefficient (Wildman–Crippen LogP) is 2.73. The lowest BCUT2D eigenvalue weighted by atomic mass is 9.44. The Morgan fingerprint density at radius 3 is 2.48 bits per heavy atom. The summed E-state index contributed by atoms with van der Waals surface area (Å²) < 4.78 is 18.9. The molecule has 3 saturated carbocycles. The number of aliphatic hydroxyl groups excluding tert-OH is 2. The molecule has 2 aromatic rings. The first-order valence-corrected chi connectivity index (χ1v) is 10.0. The van der Waals surface area contributed by atoms with Crippen molar-refractivity contribution in [3.8, 4) is 5.75 Å². The molecular formula is C21H25ClFN3O3. The van der Waals surface area contributed by atoms with E-state index in [1.165, 1.54) is 12.1 Å². The lowest BCUT2D eigenvalue weighted by Crippen LogP contribution is -2.84. The first-order valence-electron chi connectivity index (χ1n) is 9.62. The standard InChI is InChI=1S/C21H25ClFN3O3/c1-12-5-13(2)24-17(6-12)19(28)26-21-9-20(10-21,11-21)25-18(27)8-29-14-3-4-15(22)16(23)7-14/h3-7,18-19,25-28H,8-11H2,1-2H3. The van der Waals surface area contributed by atoms with Crippen molar-refractivity contribution >= 4 is 11.6 Å². The third-order valence-corrected chi connectivity index (χ3v) is 5.95. The average Bonchev–Trinajstić information content (AvgIpc) is 2.59. The minimum Gasteiger partial charge on any atom is -0.489 e. The van der Waals surface area contributed by atoms with Gasteiger partial charge in [-0.3, -0.25) is 15.6 Å². The topological polar surface area (TPSA) is 86.6 Å². The van der Waals surface area contributed by atoms with E-state index in [1.807, 2.05) is 26.0 Å². The van der Waals surface area contributed by atoms with Crippen LogP contribution in [0.3, 0.4) is 0 Å². The zero-order valence-corrected chi connectivity index (χ0v) is 17.1. The molecule has 2 unspecified atom stereocenters. The maximum Gasteiger partial charge on any atom is 0.148 e. The summed E-state index contributed by atoms with van der Waals surface area (Å²) in [5.74, 6) is -0.247. The van der Waals surface area contributed by atoms with E-state index < -0.39 is 18.3 Å². The number of aryl methyl sites for hydroxylation is 2. The molecule has 4 N–H and O–H groups in total. The normalized spacial score (nSPS) is 27.0. The fourth-order valence-corrected chi connectivity index (χ4v) is 4.73. The van der Waals surface area contributed by atoms with E-state index in [1.54, 1.807) is 6.07 Å². The van der Waals surface area contributed by atoms with Gasteiger partial charge < -0.3 is 14.9 Å². The minimum atomic E-state index is -0.877. The Labute approximate surface area is 174 Å².